The molecule has 0 bridgehead atoms. The van der Waals surface area contributed by atoms with Crippen LogP contribution in [0.2, 0.25) is 0 Å². The van der Waals surface area contributed by atoms with E-state index in [1.54, 1.807) is 0 Å². The van der Waals surface area contributed by atoms with Crippen molar-refractivity contribution in [2.45, 2.75) is 6.42 Å². The minimum absolute atomic E-state index is 0.0336. The van der Waals surface area contributed by atoms with Gasteiger partial charge in [-0.05, 0) is 0 Å². The Bertz CT molecular complexity index is 208. The summed E-state index contributed by atoms with van der Waals surface area (Å²) in [4.78, 5) is 31.0. The molecule has 0 aromatic heterocycles. The third-order valence-electron chi connectivity index (χ3n) is 1.12. The van der Waals surface area contributed by atoms with Gasteiger partial charge in [-0.2, -0.15) is 0 Å². The number of aliphatic carboxylic acids is 2. The van der Waals surface area contributed by atoms with Crippen molar-refractivity contribution in [3.05, 3.63) is 0 Å². The number of rotatable bonds is 7. The van der Waals surface area contributed by atoms with E-state index in [-0.39, 0.29) is 30.4 Å². The highest BCUT2D eigenvalue weighted by atomic mass is 32.2. The number of carbonyl (C=O) groups is 3. The molecule has 0 rings (SSSR count). The monoisotopic (exact) mass is 221 g/mol. The molecule has 0 aromatic rings. The molecule has 0 aliphatic rings. The fourth-order valence-corrected chi connectivity index (χ4v) is 1.16. The van der Waals surface area contributed by atoms with Crippen molar-refractivity contribution in [1.82, 2.24) is 5.32 Å². The highest BCUT2D eigenvalue weighted by molar-refractivity contribution is 8.00. The topological polar surface area (TPSA) is 104 Å². The Hall–Kier alpha value is -1.24. The Kier molecular flexibility index (Phi) is 6.55. The molecule has 0 spiro atoms. The second-order valence-electron chi connectivity index (χ2n) is 2.38. The van der Waals surface area contributed by atoms with E-state index in [9.17, 15) is 14.4 Å². The number of carboxylic acids is 2. The summed E-state index contributed by atoms with van der Waals surface area (Å²) in [5.41, 5.74) is 0. The fourth-order valence-electron chi connectivity index (χ4n) is 0.591. The molecule has 0 saturated carbocycles. The predicted molar refractivity (Wildman–Crippen MR) is 50.2 cm³/mol. The normalized spacial score (nSPS) is 9.43. The van der Waals surface area contributed by atoms with Crippen LogP contribution in [-0.4, -0.2) is 46.1 Å². The lowest BCUT2D eigenvalue weighted by Gasteiger charge is -2.01. The van der Waals surface area contributed by atoms with Gasteiger partial charge in [0.2, 0.25) is 5.91 Å². The van der Waals surface area contributed by atoms with Crippen molar-refractivity contribution in [1.29, 1.82) is 0 Å². The van der Waals surface area contributed by atoms with Crippen LogP contribution in [0.4, 0.5) is 0 Å². The first kappa shape index (κ1) is 12.8. The Morgan fingerprint density at radius 1 is 1.07 bits per heavy atom. The maximum Gasteiger partial charge on any atom is 0.313 e. The summed E-state index contributed by atoms with van der Waals surface area (Å²) in [5.74, 6) is -2.41. The average Bonchev–Trinajstić information content (AvgIpc) is 2.02. The molecule has 0 aromatic carbocycles. The summed E-state index contributed by atoms with van der Waals surface area (Å²) in [6.07, 6.45) is -0.130. The van der Waals surface area contributed by atoms with Crippen molar-refractivity contribution in [2.24, 2.45) is 0 Å². The number of thioether (sulfide) groups is 1. The molecule has 0 atom stereocenters. The van der Waals surface area contributed by atoms with Crippen LogP contribution in [0.25, 0.3) is 0 Å². The maximum atomic E-state index is 10.9. The van der Waals surface area contributed by atoms with Crippen LogP contribution in [0.15, 0.2) is 0 Å². The lowest BCUT2D eigenvalue weighted by atomic mass is 10.4. The number of carboxylic acid groups (broad SMARTS) is 2. The van der Waals surface area contributed by atoms with E-state index in [2.05, 4.69) is 5.32 Å². The van der Waals surface area contributed by atoms with Gasteiger partial charge in [0.25, 0.3) is 0 Å². The number of nitrogens with one attached hydrogen (secondary N) is 1. The number of carbonyl (C=O) groups excluding carboxylic acids is 1. The summed E-state index contributed by atoms with van der Waals surface area (Å²) in [6.45, 7) is 0.0712. The van der Waals surface area contributed by atoms with Gasteiger partial charge in [-0.3, -0.25) is 14.4 Å². The number of hydrogen-bond donors (Lipinski definition) is 3. The maximum absolute atomic E-state index is 10.9. The van der Waals surface area contributed by atoms with Gasteiger partial charge in [-0.15, -0.1) is 11.8 Å². The SMILES string of the molecule is O=C(O)CCNC(=O)CSCC(=O)O. The second-order valence-corrected chi connectivity index (χ2v) is 3.37. The van der Waals surface area contributed by atoms with Crippen LogP contribution >= 0.6 is 11.8 Å². The molecule has 14 heavy (non-hydrogen) atoms. The minimum atomic E-state index is -0.983. The molecular weight excluding hydrogens is 210 g/mol. The van der Waals surface area contributed by atoms with Gasteiger partial charge in [0.15, 0.2) is 0 Å². The van der Waals surface area contributed by atoms with Crippen LogP contribution in [0, 0.1) is 0 Å². The standard InChI is InChI=1S/C7H11NO5S/c9-5(3-14-4-7(12)13)8-2-1-6(10)11/h1-4H2,(H,8,9)(H,10,11)(H,12,13). The van der Waals surface area contributed by atoms with Gasteiger partial charge < -0.3 is 15.5 Å². The van der Waals surface area contributed by atoms with Crippen LogP contribution in [0.3, 0.4) is 0 Å². The van der Waals surface area contributed by atoms with Crippen molar-refractivity contribution in [2.75, 3.05) is 18.1 Å². The highest BCUT2D eigenvalue weighted by Gasteiger charge is 2.04. The lowest BCUT2D eigenvalue weighted by Crippen LogP contribution is -2.27. The molecule has 0 unspecified atom stereocenters. The largest absolute Gasteiger partial charge is 0.481 e. The van der Waals surface area contributed by atoms with Crippen molar-refractivity contribution >= 4 is 29.6 Å². The molecular formula is C7H11NO5S. The van der Waals surface area contributed by atoms with Gasteiger partial charge in [0, 0.05) is 6.54 Å². The second kappa shape index (κ2) is 7.19. The Morgan fingerprint density at radius 3 is 2.21 bits per heavy atom. The van der Waals surface area contributed by atoms with E-state index in [4.69, 9.17) is 10.2 Å². The van der Waals surface area contributed by atoms with E-state index in [1.165, 1.54) is 0 Å². The van der Waals surface area contributed by atoms with E-state index >= 15 is 0 Å². The summed E-state index contributed by atoms with van der Waals surface area (Å²) in [7, 11) is 0. The lowest BCUT2D eigenvalue weighted by molar-refractivity contribution is -0.137. The highest BCUT2D eigenvalue weighted by Crippen LogP contribution is 1.97. The zero-order chi connectivity index (χ0) is 11.0. The van der Waals surface area contributed by atoms with Gasteiger partial charge in [-0.25, -0.2) is 0 Å². The molecule has 3 N–H and O–H groups in total. The van der Waals surface area contributed by atoms with E-state index in [0.717, 1.165) is 11.8 Å². The van der Waals surface area contributed by atoms with Gasteiger partial charge in [0.05, 0.1) is 17.9 Å². The first-order chi connectivity index (χ1) is 6.52. The zero-order valence-electron chi connectivity index (χ0n) is 7.36. The van der Waals surface area contributed by atoms with Crippen LogP contribution < -0.4 is 5.32 Å². The molecule has 80 valence electrons. The zero-order valence-corrected chi connectivity index (χ0v) is 8.17. The van der Waals surface area contributed by atoms with Crippen molar-refractivity contribution in [3.8, 4) is 0 Å². The average molecular weight is 221 g/mol. The van der Waals surface area contributed by atoms with Crippen molar-refractivity contribution < 1.29 is 24.6 Å². The van der Waals surface area contributed by atoms with E-state index in [1.807, 2.05) is 0 Å². The molecule has 7 heteroatoms. The van der Waals surface area contributed by atoms with Gasteiger partial charge in [-0.1, -0.05) is 0 Å². The molecule has 0 heterocycles. The fraction of sp³-hybridized carbons (Fsp3) is 0.571. The van der Waals surface area contributed by atoms with Crippen LogP contribution in [-0.2, 0) is 14.4 Å². The van der Waals surface area contributed by atoms with Gasteiger partial charge in [0.1, 0.15) is 0 Å². The molecule has 0 radical (unpaired) electrons. The summed E-state index contributed by atoms with van der Waals surface area (Å²) < 4.78 is 0. The molecule has 0 aliphatic heterocycles. The predicted octanol–water partition coefficient (Wildman–Crippen LogP) is -0.605. The number of amides is 1. The Labute approximate surface area is 84.7 Å². The quantitative estimate of drug-likeness (QED) is 0.530. The van der Waals surface area contributed by atoms with Crippen LogP contribution in [0.1, 0.15) is 6.42 Å². The first-order valence-corrected chi connectivity index (χ1v) is 4.96. The van der Waals surface area contributed by atoms with E-state index < -0.39 is 11.9 Å². The van der Waals surface area contributed by atoms with Crippen molar-refractivity contribution in [3.63, 3.8) is 0 Å². The minimum Gasteiger partial charge on any atom is -0.481 e. The third-order valence-corrected chi connectivity index (χ3v) is 2.04. The summed E-state index contributed by atoms with van der Waals surface area (Å²) >= 11 is 0.969. The molecule has 6 nitrogen and oxygen atoms in total. The summed E-state index contributed by atoms with van der Waals surface area (Å²) in [5, 5.41) is 18.8. The number of hydrogen-bond acceptors (Lipinski definition) is 4. The Balaban J connectivity index is 3.37. The van der Waals surface area contributed by atoms with Gasteiger partial charge >= 0.3 is 11.9 Å². The summed E-state index contributed by atoms with van der Waals surface area (Å²) in [6, 6.07) is 0. The third kappa shape index (κ3) is 8.85. The Morgan fingerprint density at radius 2 is 1.71 bits per heavy atom. The molecule has 0 aliphatic carbocycles. The van der Waals surface area contributed by atoms with E-state index in [0.29, 0.717) is 0 Å². The molecule has 0 fully saturated rings. The van der Waals surface area contributed by atoms with Crippen LogP contribution in [0.5, 0.6) is 0 Å². The molecule has 1 amide bonds. The smallest absolute Gasteiger partial charge is 0.313 e. The molecule has 0 saturated heterocycles. The first-order valence-electron chi connectivity index (χ1n) is 3.80.